The fourth-order valence-electron chi connectivity index (χ4n) is 3.60. The number of rotatable bonds is 6. The van der Waals surface area contributed by atoms with Crippen LogP contribution in [0.4, 0.5) is 26.3 Å². The average molecular weight is 572 g/mol. The molecule has 19 heteroatoms. The highest BCUT2D eigenvalue weighted by molar-refractivity contribution is 8.13. The standard InChI is InChI=1S/C14H23F6N3O6S4/c15-13(16,17)32(26,27)22-30(24,11-7-3-1-4-8-11)21-31(25,12-9-5-2-6-10-12)23-33(28,29)14(18,19)20/h11-12H,1-10H2,(H,21,22,23,24,25). The third kappa shape index (κ3) is 6.72. The van der Waals surface area contributed by atoms with Gasteiger partial charge in [0, 0.05) is 0 Å². The molecule has 0 aromatic carbocycles. The predicted octanol–water partition coefficient (Wildman–Crippen LogP) is 3.71. The van der Waals surface area contributed by atoms with Gasteiger partial charge in [-0.25, -0.2) is 8.42 Å². The highest BCUT2D eigenvalue weighted by Gasteiger charge is 2.50. The van der Waals surface area contributed by atoms with Gasteiger partial charge < -0.3 is 0 Å². The molecule has 0 saturated heterocycles. The van der Waals surface area contributed by atoms with Crippen molar-refractivity contribution in [1.82, 2.24) is 4.13 Å². The Kier molecular flexibility index (Phi) is 8.46. The lowest BCUT2D eigenvalue weighted by Crippen LogP contribution is -2.45. The molecule has 2 aliphatic rings. The molecule has 0 aromatic heterocycles. The molecule has 196 valence electrons. The molecular weight excluding hydrogens is 548 g/mol. The average Bonchev–Trinajstić information content (AvgIpc) is 2.66. The second-order valence-corrected chi connectivity index (χ2v) is 16.0. The maximum absolute atomic E-state index is 13.5. The minimum atomic E-state index is -6.43. The van der Waals surface area contributed by atoms with E-state index in [1.807, 2.05) is 0 Å². The van der Waals surface area contributed by atoms with Gasteiger partial charge in [0.05, 0.1) is 10.5 Å². The first-order valence-electron chi connectivity index (χ1n) is 9.79. The number of alkyl halides is 6. The van der Waals surface area contributed by atoms with Gasteiger partial charge in [-0.15, -0.1) is 4.13 Å². The van der Waals surface area contributed by atoms with Crippen LogP contribution in [0.1, 0.15) is 64.2 Å². The van der Waals surface area contributed by atoms with Crippen molar-refractivity contribution in [1.29, 1.82) is 0 Å². The third-order valence-corrected chi connectivity index (χ3v) is 14.4. The molecule has 0 aliphatic heterocycles. The first-order valence-corrected chi connectivity index (χ1v) is 15.8. The summed E-state index contributed by atoms with van der Waals surface area (Å²) in [6, 6.07) is 0. The van der Waals surface area contributed by atoms with Crippen molar-refractivity contribution in [3.63, 3.8) is 0 Å². The van der Waals surface area contributed by atoms with Crippen molar-refractivity contribution in [3.05, 3.63) is 0 Å². The molecule has 0 amide bonds. The van der Waals surface area contributed by atoms with Crippen LogP contribution in [0.2, 0.25) is 0 Å². The van der Waals surface area contributed by atoms with E-state index in [2.05, 4.69) is 7.54 Å². The zero-order chi connectivity index (χ0) is 25.3. The number of sulfonamides is 2. The Bertz CT molecular complexity index is 1070. The Balaban J connectivity index is 2.78. The molecule has 0 radical (unpaired) electrons. The molecule has 2 unspecified atom stereocenters. The highest BCUT2D eigenvalue weighted by atomic mass is 32.3. The van der Waals surface area contributed by atoms with Gasteiger partial charge in [0.15, 0.2) is 0 Å². The summed E-state index contributed by atoms with van der Waals surface area (Å²) in [7, 11) is -22.6. The summed E-state index contributed by atoms with van der Waals surface area (Å²) in [5.74, 6) is 0. The van der Waals surface area contributed by atoms with Crippen molar-refractivity contribution >= 4 is 39.9 Å². The molecule has 2 fully saturated rings. The Morgan fingerprint density at radius 1 is 0.545 bits per heavy atom. The van der Waals surface area contributed by atoms with Gasteiger partial charge in [-0.3, -0.25) is 0 Å². The monoisotopic (exact) mass is 571 g/mol. The number of hydrogen-bond acceptors (Lipinski definition) is 6. The first kappa shape index (κ1) is 28.6. The SMILES string of the molecule is O=S(=O)(N=S(=O)(NS(=O)(=NS(=O)(=O)C(F)(F)F)C1CCCCC1)C1CCCCC1)C(F)(F)F. The fraction of sp³-hybridized carbons (Fsp3) is 1.00. The minimum Gasteiger partial charge on any atom is -0.232 e. The Labute approximate surface area is 188 Å². The van der Waals surface area contributed by atoms with Gasteiger partial charge >= 0.3 is 31.1 Å². The molecule has 2 aliphatic carbocycles. The maximum atomic E-state index is 13.5. The zero-order valence-electron chi connectivity index (χ0n) is 17.0. The normalized spacial score (nSPS) is 23.9. The van der Waals surface area contributed by atoms with Crippen molar-refractivity contribution in [3.8, 4) is 0 Å². The predicted molar refractivity (Wildman–Crippen MR) is 108 cm³/mol. The van der Waals surface area contributed by atoms with E-state index < -0.39 is 61.4 Å². The molecular formula is C14H23F6N3O6S4. The molecule has 0 heterocycles. The van der Waals surface area contributed by atoms with Crippen LogP contribution >= 0.6 is 0 Å². The molecule has 0 aromatic rings. The lowest BCUT2D eigenvalue weighted by Gasteiger charge is -2.30. The second-order valence-electron chi connectivity index (χ2n) is 7.73. The van der Waals surface area contributed by atoms with Crippen LogP contribution in [0.5, 0.6) is 0 Å². The molecule has 33 heavy (non-hydrogen) atoms. The molecule has 0 spiro atoms. The van der Waals surface area contributed by atoms with E-state index in [4.69, 9.17) is 0 Å². The first-order chi connectivity index (χ1) is 14.8. The van der Waals surface area contributed by atoms with Crippen LogP contribution in [0, 0.1) is 0 Å². The lowest BCUT2D eigenvalue weighted by atomic mass is 10.0. The Morgan fingerprint density at radius 3 is 1.06 bits per heavy atom. The van der Waals surface area contributed by atoms with Crippen LogP contribution in [-0.4, -0.2) is 46.8 Å². The number of hydrogen-bond donors (Lipinski definition) is 1. The van der Waals surface area contributed by atoms with Crippen molar-refractivity contribution in [2.24, 2.45) is 7.54 Å². The van der Waals surface area contributed by atoms with Crippen LogP contribution < -0.4 is 4.13 Å². The highest BCUT2D eigenvalue weighted by Crippen LogP contribution is 2.34. The Hall–Kier alpha value is -0.660. The summed E-state index contributed by atoms with van der Waals surface area (Å²) in [4.78, 5) is 0. The second kappa shape index (κ2) is 9.77. The molecule has 2 rings (SSSR count). The molecule has 2 saturated carbocycles. The van der Waals surface area contributed by atoms with Gasteiger partial charge in [-0.05, 0) is 25.7 Å². The van der Waals surface area contributed by atoms with Crippen LogP contribution in [0.3, 0.4) is 0 Å². The molecule has 9 nitrogen and oxygen atoms in total. The largest absolute Gasteiger partial charge is 0.519 e. The van der Waals surface area contributed by atoms with Crippen LogP contribution in [0.25, 0.3) is 0 Å². The van der Waals surface area contributed by atoms with Gasteiger partial charge in [-0.1, -0.05) is 46.1 Å². The fourth-order valence-corrected chi connectivity index (χ4v) is 12.8. The summed E-state index contributed by atoms with van der Waals surface area (Å²) in [5, 5.41) is -2.87. The number of nitrogens with zero attached hydrogens (tertiary/aromatic N) is 2. The van der Waals surface area contributed by atoms with Crippen LogP contribution in [-0.2, 0) is 39.9 Å². The van der Waals surface area contributed by atoms with Gasteiger partial charge in [0.25, 0.3) is 0 Å². The maximum Gasteiger partial charge on any atom is 0.519 e. The van der Waals surface area contributed by atoms with E-state index in [0.717, 1.165) is 0 Å². The molecule has 1 N–H and O–H groups in total. The topological polar surface area (TPSA) is 139 Å². The summed E-state index contributed by atoms with van der Waals surface area (Å²) >= 11 is 0. The molecule has 2 atom stereocenters. The van der Waals surface area contributed by atoms with E-state index in [9.17, 15) is 51.6 Å². The molecule has 0 bridgehead atoms. The van der Waals surface area contributed by atoms with E-state index in [0.29, 0.717) is 12.8 Å². The van der Waals surface area contributed by atoms with Crippen molar-refractivity contribution in [2.45, 2.75) is 85.7 Å². The van der Waals surface area contributed by atoms with Gasteiger partial charge in [0.2, 0.25) is 0 Å². The third-order valence-electron chi connectivity index (χ3n) is 5.25. The minimum absolute atomic E-state index is 0.130. The summed E-state index contributed by atoms with van der Waals surface area (Å²) < 4.78 is 158. The van der Waals surface area contributed by atoms with Crippen molar-refractivity contribution < 1.29 is 51.6 Å². The van der Waals surface area contributed by atoms with Crippen molar-refractivity contribution in [2.75, 3.05) is 0 Å². The lowest BCUT2D eigenvalue weighted by molar-refractivity contribution is -0.0440. The number of nitrogens with one attached hydrogen (secondary N) is 1. The number of halogens is 6. The van der Waals surface area contributed by atoms with E-state index in [1.165, 1.54) is 0 Å². The van der Waals surface area contributed by atoms with E-state index >= 15 is 0 Å². The summed E-state index contributed by atoms with van der Waals surface area (Å²) in [6.45, 7) is 0. The van der Waals surface area contributed by atoms with Gasteiger partial charge in [-0.2, -0.15) is 43.2 Å². The smallest absolute Gasteiger partial charge is 0.232 e. The summed E-state index contributed by atoms with van der Waals surface area (Å²) in [5.41, 5.74) is -12.0. The van der Waals surface area contributed by atoms with E-state index in [1.54, 1.807) is 4.13 Å². The van der Waals surface area contributed by atoms with Gasteiger partial charge in [0.1, 0.15) is 19.8 Å². The Morgan fingerprint density at radius 2 is 0.818 bits per heavy atom. The van der Waals surface area contributed by atoms with E-state index in [-0.39, 0.29) is 51.4 Å². The quantitative estimate of drug-likeness (QED) is 0.482. The summed E-state index contributed by atoms with van der Waals surface area (Å²) in [6.07, 6.45) is 1.74. The zero-order valence-corrected chi connectivity index (χ0v) is 20.2. The van der Waals surface area contributed by atoms with Crippen LogP contribution in [0.15, 0.2) is 7.54 Å².